The minimum atomic E-state index is -0.572. The van der Waals surface area contributed by atoms with Gasteiger partial charge in [0.05, 0.1) is 0 Å². The van der Waals surface area contributed by atoms with E-state index in [4.69, 9.17) is 10.5 Å². The Balaban J connectivity index is 0.00000324. The van der Waals surface area contributed by atoms with Crippen LogP contribution in [0.5, 0.6) is 0 Å². The van der Waals surface area contributed by atoms with Crippen molar-refractivity contribution in [1.29, 1.82) is 0 Å². The van der Waals surface area contributed by atoms with Gasteiger partial charge < -0.3 is 20.3 Å². The molecule has 1 aliphatic heterocycles. The Kier molecular flexibility index (Phi) is 7.97. The highest BCUT2D eigenvalue weighted by Crippen LogP contribution is 2.08. The van der Waals surface area contributed by atoms with Crippen molar-refractivity contribution in [3.63, 3.8) is 0 Å². The quantitative estimate of drug-likeness (QED) is 0.773. The molecule has 0 bridgehead atoms. The van der Waals surface area contributed by atoms with E-state index in [2.05, 4.69) is 0 Å². The SMILES string of the molecule is COC(CN)C(=O)N1CCN(C(=O)C(C)C)CC1.Cl. The summed E-state index contributed by atoms with van der Waals surface area (Å²) in [5.41, 5.74) is 5.47. The van der Waals surface area contributed by atoms with Crippen LogP contribution >= 0.6 is 12.4 Å². The van der Waals surface area contributed by atoms with Crippen LogP contribution in [0, 0.1) is 5.92 Å². The number of ether oxygens (including phenoxy) is 1. The van der Waals surface area contributed by atoms with Gasteiger partial charge in [0, 0.05) is 45.8 Å². The molecular formula is C12H24ClN3O3. The topological polar surface area (TPSA) is 75.9 Å². The Labute approximate surface area is 120 Å². The van der Waals surface area contributed by atoms with Crippen LogP contribution < -0.4 is 5.73 Å². The van der Waals surface area contributed by atoms with Crippen LogP contribution in [0.3, 0.4) is 0 Å². The molecule has 112 valence electrons. The number of rotatable bonds is 4. The van der Waals surface area contributed by atoms with E-state index in [1.54, 1.807) is 9.80 Å². The summed E-state index contributed by atoms with van der Waals surface area (Å²) < 4.78 is 5.03. The molecule has 0 saturated carbocycles. The van der Waals surface area contributed by atoms with Gasteiger partial charge in [0.15, 0.2) is 0 Å². The first-order chi connectivity index (χ1) is 8.51. The van der Waals surface area contributed by atoms with Gasteiger partial charge in [-0.2, -0.15) is 0 Å². The van der Waals surface area contributed by atoms with E-state index < -0.39 is 6.10 Å². The van der Waals surface area contributed by atoms with Crippen molar-refractivity contribution in [3.8, 4) is 0 Å². The van der Waals surface area contributed by atoms with Gasteiger partial charge in [0.1, 0.15) is 6.10 Å². The number of methoxy groups -OCH3 is 1. The van der Waals surface area contributed by atoms with Crippen molar-refractivity contribution in [3.05, 3.63) is 0 Å². The normalized spacial score (nSPS) is 17.1. The zero-order valence-corrected chi connectivity index (χ0v) is 12.6. The molecule has 1 unspecified atom stereocenters. The van der Waals surface area contributed by atoms with Crippen LogP contribution in [0.25, 0.3) is 0 Å². The van der Waals surface area contributed by atoms with E-state index in [0.29, 0.717) is 26.2 Å². The fraction of sp³-hybridized carbons (Fsp3) is 0.833. The Morgan fingerprint density at radius 3 is 1.84 bits per heavy atom. The summed E-state index contributed by atoms with van der Waals surface area (Å²) >= 11 is 0. The molecule has 0 aromatic heterocycles. The lowest BCUT2D eigenvalue weighted by Crippen LogP contribution is -2.54. The Morgan fingerprint density at radius 1 is 1.11 bits per heavy atom. The molecular weight excluding hydrogens is 270 g/mol. The van der Waals surface area contributed by atoms with Crippen molar-refractivity contribution < 1.29 is 14.3 Å². The van der Waals surface area contributed by atoms with Crippen LogP contribution in [-0.2, 0) is 14.3 Å². The molecule has 1 aliphatic rings. The number of hydrogen-bond donors (Lipinski definition) is 1. The first-order valence-electron chi connectivity index (χ1n) is 6.31. The predicted octanol–water partition coefficient (Wildman–Crippen LogP) is -0.291. The molecule has 2 N–H and O–H groups in total. The predicted molar refractivity (Wildman–Crippen MR) is 75.1 cm³/mol. The molecule has 7 heteroatoms. The average molecular weight is 294 g/mol. The third-order valence-electron chi connectivity index (χ3n) is 3.17. The summed E-state index contributed by atoms with van der Waals surface area (Å²) in [5, 5.41) is 0. The molecule has 1 atom stereocenters. The molecule has 0 spiro atoms. The standard InChI is InChI=1S/C12H23N3O3.ClH/c1-9(2)11(16)14-4-6-15(7-5-14)12(17)10(8-13)18-3;/h9-10H,4-8,13H2,1-3H3;1H. The number of halogens is 1. The van der Waals surface area contributed by atoms with Crippen molar-refractivity contribution in [2.45, 2.75) is 20.0 Å². The number of nitrogens with two attached hydrogens (primary N) is 1. The summed E-state index contributed by atoms with van der Waals surface area (Å²) in [6.45, 7) is 6.23. The first kappa shape index (κ1) is 18.1. The lowest BCUT2D eigenvalue weighted by atomic mass is 10.1. The molecule has 6 nitrogen and oxygen atoms in total. The van der Waals surface area contributed by atoms with Gasteiger partial charge in [0.25, 0.3) is 5.91 Å². The average Bonchev–Trinajstić information content (AvgIpc) is 2.39. The first-order valence-corrected chi connectivity index (χ1v) is 6.31. The molecule has 0 radical (unpaired) electrons. The molecule has 1 saturated heterocycles. The number of hydrogen-bond acceptors (Lipinski definition) is 4. The maximum absolute atomic E-state index is 12.0. The smallest absolute Gasteiger partial charge is 0.253 e. The fourth-order valence-electron chi connectivity index (χ4n) is 2.01. The van der Waals surface area contributed by atoms with E-state index in [9.17, 15) is 9.59 Å². The maximum Gasteiger partial charge on any atom is 0.253 e. The summed E-state index contributed by atoms with van der Waals surface area (Å²) in [6, 6.07) is 0. The van der Waals surface area contributed by atoms with Gasteiger partial charge in [0.2, 0.25) is 5.91 Å². The molecule has 2 amide bonds. The molecule has 1 fully saturated rings. The number of carbonyl (C=O) groups excluding carboxylic acids is 2. The molecule has 1 rings (SSSR count). The number of nitrogens with zero attached hydrogens (tertiary/aromatic N) is 2. The minimum absolute atomic E-state index is 0. The largest absolute Gasteiger partial charge is 0.370 e. The highest BCUT2D eigenvalue weighted by molar-refractivity contribution is 5.85. The summed E-state index contributed by atoms with van der Waals surface area (Å²) in [5.74, 6) is 0.0591. The second-order valence-corrected chi connectivity index (χ2v) is 4.77. The van der Waals surface area contributed by atoms with Crippen LogP contribution in [0.1, 0.15) is 13.8 Å². The van der Waals surface area contributed by atoms with E-state index in [1.807, 2.05) is 13.8 Å². The van der Waals surface area contributed by atoms with E-state index in [-0.39, 0.29) is 36.7 Å². The summed E-state index contributed by atoms with van der Waals surface area (Å²) in [4.78, 5) is 27.3. The lowest BCUT2D eigenvalue weighted by molar-refractivity contribution is -0.147. The van der Waals surface area contributed by atoms with E-state index in [1.165, 1.54) is 7.11 Å². The fourth-order valence-corrected chi connectivity index (χ4v) is 2.01. The van der Waals surface area contributed by atoms with Crippen LogP contribution in [0.4, 0.5) is 0 Å². The van der Waals surface area contributed by atoms with Crippen LogP contribution in [0.15, 0.2) is 0 Å². The Morgan fingerprint density at radius 2 is 1.53 bits per heavy atom. The van der Waals surface area contributed by atoms with Crippen molar-refractivity contribution in [2.24, 2.45) is 11.7 Å². The lowest BCUT2D eigenvalue weighted by Gasteiger charge is -2.36. The van der Waals surface area contributed by atoms with Crippen molar-refractivity contribution in [2.75, 3.05) is 39.8 Å². The Bertz CT molecular complexity index is 301. The van der Waals surface area contributed by atoms with Gasteiger partial charge in [-0.3, -0.25) is 9.59 Å². The second-order valence-electron chi connectivity index (χ2n) is 4.77. The van der Waals surface area contributed by atoms with Crippen LogP contribution in [-0.4, -0.2) is 67.6 Å². The number of piperazine rings is 1. The summed E-state index contributed by atoms with van der Waals surface area (Å²) in [7, 11) is 1.48. The van der Waals surface area contributed by atoms with Crippen molar-refractivity contribution in [1.82, 2.24) is 9.80 Å². The zero-order chi connectivity index (χ0) is 13.7. The minimum Gasteiger partial charge on any atom is -0.370 e. The highest BCUT2D eigenvalue weighted by Gasteiger charge is 2.28. The van der Waals surface area contributed by atoms with Gasteiger partial charge in [-0.05, 0) is 0 Å². The van der Waals surface area contributed by atoms with Gasteiger partial charge in [-0.15, -0.1) is 12.4 Å². The van der Waals surface area contributed by atoms with Gasteiger partial charge >= 0.3 is 0 Å². The summed E-state index contributed by atoms with van der Waals surface area (Å²) in [6.07, 6.45) is -0.572. The zero-order valence-electron chi connectivity index (χ0n) is 11.8. The second kappa shape index (κ2) is 8.35. The highest BCUT2D eigenvalue weighted by atomic mass is 35.5. The molecule has 0 aromatic carbocycles. The van der Waals surface area contributed by atoms with E-state index in [0.717, 1.165) is 0 Å². The number of amides is 2. The number of carbonyl (C=O) groups is 2. The molecule has 0 aromatic rings. The molecule has 0 aliphatic carbocycles. The van der Waals surface area contributed by atoms with Gasteiger partial charge in [-0.1, -0.05) is 13.8 Å². The van der Waals surface area contributed by atoms with Gasteiger partial charge in [-0.25, -0.2) is 0 Å². The van der Waals surface area contributed by atoms with Crippen LogP contribution in [0.2, 0.25) is 0 Å². The monoisotopic (exact) mass is 293 g/mol. The van der Waals surface area contributed by atoms with E-state index >= 15 is 0 Å². The third-order valence-corrected chi connectivity index (χ3v) is 3.17. The maximum atomic E-state index is 12.0. The molecule has 1 heterocycles. The Hall–Kier alpha value is -0.850. The van der Waals surface area contributed by atoms with Crippen molar-refractivity contribution >= 4 is 24.2 Å². The third kappa shape index (κ3) is 4.63. The molecule has 19 heavy (non-hydrogen) atoms.